The molecule has 0 spiro atoms. The Kier molecular flexibility index (Phi) is 4.90. The second-order valence-corrected chi connectivity index (χ2v) is 5.72. The molecule has 1 aromatic rings. The summed E-state index contributed by atoms with van der Waals surface area (Å²) in [6.07, 6.45) is -4.74. The van der Waals surface area contributed by atoms with Crippen LogP contribution < -0.4 is 5.32 Å². The highest BCUT2D eigenvalue weighted by atomic mass is 19.4. The van der Waals surface area contributed by atoms with E-state index in [9.17, 15) is 18.0 Å². The molecule has 1 fully saturated rings. The number of rotatable bonds is 3. The maximum Gasteiger partial charge on any atom is 0.451 e. The largest absolute Gasteiger partial charge is 0.451 e. The number of piperazine rings is 1. The molecule has 128 valence electrons. The Balaban J connectivity index is 2.45. The van der Waals surface area contributed by atoms with E-state index in [1.54, 1.807) is 13.8 Å². The fourth-order valence-electron chi connectivity index (χ4n) is 2.13. The normalized spacial score (nSPS) is 16.5. The Morgan fingerprint density at radius 3 is 2.39 bits per heavy atom. The molecule has 0 unspecified atom stereocenters. The number of aromatic nitrogens is 2. The van der Waals surface area contributed by atoms with Gasteiger partial charge in [0.25, 0.3) is 5.91 Å². The number of carbonyl (C=O) groups is 1. The van der Waals surface area contributed by atoms with E-state index in [1.807, 2.05) is 0 Å². The number of methoxy groups -OCH3 is 1. The molecule has 0 atom stereocenters. The summed E-state index contributed by atoms with van der Waals surface area (Å²) in [7, 11) is 1.37. The van der Waals surface area contributed by atoms with Gasteiger partial charge in [-0.1, -0.05) is 0 Å². The summed E-state index contributed by atoms with van der Waals surface area (Å²) in [5, 5.41) is 3.07. The van der Waals surface area contributed by atoms with E-state index >= 15 is 0 Å². The summed E-state index contributed by atoms with van der Waals surface area (Å²) < 4.78 is 44.3. The highest BCUT2D eigenvalue weighted by Crippen LogP contribution is 2.30. The number of amides is 1. The second kappa shape index (κ2) is 6.40. The lowest BCUT2D eigenvalue weighted by Crippen LogP contribution is -2.46. The molecule has 9 heteroatoms. The molecule has 0 radical (unpaired) electrons. The van der Waals surface area contributed by atoms with E-state index in [2.05, 4.69) is 15.3 Å². The van der Waals surface area contributed by atoms with Gasteiger partial charge in [0.2, 0.25) is 5.82 Å². The van der Waals surface area contributed by atoms with Gasteiger partial charge in [0.1, 0.15) is 11.3 Å². The summed E-state index contributed by atoms with van der Waals surface area (Å²) in [5.41, 5.74) is -1.32. The molecule has 1 saturated heterocycles. The van der Waals surface area contributed by atoms with Crippen LogP contribution in [0.4, 0.5) is 13.2 Å². The van der Waals surface area contributed by atoms with Crippen LogP contribution in [0.2, 0.25) is 0 Å². The number of halogens is 3. The van der Waals surface area contributed by atoms with Gasteiger partial charge in [-0.05, 0) is 19.9 Å². The summed E-state index contributed by atoms with van der Waals surface area (Å²) in [6, 6.07) is 1.27. The highest BCUT2D eigenvalue weighted by Gasteiger charge is 2.38. The average Bonchev–Trinajstić information content (AvgIpc) is 2.53. The van der Waals surface area contributed by atoms with Crippen molar-refractivity contribution in [3.05, 3.63) is 23.3 Å². The molecule has 6 nitrogen and oxygen atoms in total. The molecular weight excluding hydrogens is 313 g/mol. The van der Waals surface area contributed by atoms with E-state index < -0.39 is 23.5 Å². The van der Waals surface area contributed by atoms with Crippen molar-refractivity contribution < 1.29 is 22.7 Å². The fraction of sp³-hybridized carbons (Fsp3) is 0.643. The number of alkyl halides is 3. The van der Waals surface area contributed by atoms with Crippen LogP contribution in [0.25, 0.3) is 0 Å². The number of hydrogen-bond donors (Lipinski definition) is 1. The van der Waals surface area contributed by atoms with Gasteiger partial charge in [-0.25, -0.2) is 9.97 Å². The van der Waals surface area contributed by atoms with Crippen molar-refractivity contribution in [1.82, 2.24) is 20.2 Å². The van der Waals surface area contributed by atoms with Crippen LogP contribution in [0.5, 0.6) is 0 Å². The van der Waals surface area contributed by atoms with E-state index in [0.717, 1.165) is 0 Å². The molecule has 2 rings (SSSR count). The summed E-state index contributed by atoms with van der Waals surface area (Å²) in [4.78, 5) is 20.9. The number of carbonyl (C=O) groups excluding carboxylic acids is 1. The van der Waals surface area contributed by atoms with Crippen LogP contribution in [0, 0.1) is 0 Å². The van der Waals surface area contributed by atoms with E-state index in [1.165, 1.54) is 18.1 Å². The Hall–Kier alpha value is -1.74. The number of ether oxygens (including phenoxy) is 1. The molecule has 23 heavy (non-hydrogen) atoms. The van der Waals surface area contributed by atoms with E-state index in [4.69, 9.17) is 4.74 Å². The first-order valence-electron chi connectivity index (χ1n) is 7.17. The van der Waals surface area contributed by atoms with Crippen LogP contribution in [0.3, 0.4) is 0 Å². The third kappa shape index (κ3) is 3.97. The van der Waals surface area contributed by atoms with Crippen molar-refractivity contribution in [3.63, 3.8) is 0 Å². The Morgan fingerprint density at radius 1 is 1.26 bits per heavy atom. The minimum Gasteiger partial charge on any atom is -0.373 e. The molecular formula is C14H19F3N4O2. The van der Waals surface area contributed by atoms with Gasteiger partial charge in [0.15, 0.2) is 0 Å². The van der Waals surface area contributed by atoms with Gasteiger partial charge in [0, 0.05) is 33.3 Å². The van der Waals surface area contributed by atoms with Crippen LogP contribution in [0.1, 0.15) is 35.9 Å². The predicted molar refractivity (Wildman–Crippen MR) is 75.8 cm³/mol. The summed E-state index contributed by atoms with van der Waals surface area (Å²) in [6.45, 7) is 5.20. The molecule has 0 aliphatic carbocycles. The zero-order valence-electron chi connectivity index (χ0n) is 13.2. The van der Waals surface area contributed by atoms with Crippen LogP contribution in [0.15, 0.2) is 6.07 Å². The first-order chi connectivity index (χ1) is 10.6. The quantitative estimate of drug-likeness (QED) is 0.907. The highest BCUT2D eigenvalue weighted by molar-refractivity contribution is 5.92. The fourth-order valence-corrected chi connectivity index (χ4v) is 2.13. The SMILES string of the molecule is COC(C)(C)c1cc(C(=O)N2CCNCC2)nc(C(F)(F)F)n1. The molecule has 1 amide bonds. The molecule has 1 N–H and O–H groups in total. The van der Waals surface area contributed by atoms with Crippen molar-refractivity contribution in [1.29, 1.82) is 0 Å². The van der Waals surface area contributed by atoms with Gasteiger partial charge >= 0.3 is 6.18 Å². The number of nitrogens with zero attached hydrogens (tertiary/aromatic N) is 3. The third-order valence-corrected chi connectivity index (χ3v) is 3.73. The zero-order chi connectivity index (χ0) is 17.3. The molecule has 2 heterocycles. The van der Waals surface area contributed by atoms with Crippen LogP contribution in [-0.2, 0) is 16.5 Å². The van der Waals surface area contributed by atoms with Gasteiger partial charge in [-0.15, -0.1) is 0 Å². The van der Waals surface area contributed by atoms with Crippen molar-refractivity contribution in [2.24, 2.45) is 0 Å². The van der Waals surface area contributed by atoms with Crippen LogP contribution in [-0.4, -0.2) is 54.1 Å². The first-order valence-corrected chi connectivity index (χ1v) is 7.17. The smallest absolute Gasteiger partial charge is 0.373 e. The van der Waals surface area contributed by atoms with Crippen molar-refractivity contribution in [3.8, 4) is 0 Å². The average molecular weight is 332 g/mol. The molecule has 1 aromatic heterocycles. The maximum atomic E-state index is 13.0. The molecule has 1 aliphatic heterocycles. The first kappa shape index (κ1) is 17.6. The Morgan fingerprint density at radius 2 is 1.87 bits per heavy atom. The number of hydrogen-bond acceptors (Lipinski definition) is 5. The summed E-state index contributed by atoms with van der Waals surface area (Å²) in [5.74, 6) is -1.87. The minimum atomic E-state index is -4.74. The third-order valence-electron chi connectivity index (χ3n) is 3.73. The van der Waals surface area contributed by atoms with Crippen molar-refractivity contribution >= 4 is 5.91 Å². The lowest BCUT2D eigenvalue weighted by molar-refractivity contribution is -0.145. The van der Waals surface area contributed by atoms with Gasteiger partial charge in [0.05, 0.1) is 5.69 Å². The van der Waals surface area contributed by atoms with Gasteiger partial charge in [-0.3, -0.25) is 4.79 Å². The maximum absolute atomic E-state index is 13.0. The lowest BCUT2D eigenvalue weighted by Gasteiger charge is -2.28. The topological polar surface area (TPSA) is 67.3 Å². The lowest BCUT2D eigenvalue weighted by atomic mass is 10.0. The van der Waals surface area contributed by atoms with Crippen LogP contribution >= 0.6 is 0 Å². The second-order valence-electron chi connectivity index (χ2n) is 5.72. The van der Waals surface area contributed by atoms with E-state index in [0.29, 0.717) is 26.2 Å². The van der Waals surface area contributed by atoms with Gasteiger partial charge < -0.3 is 15.0 Å². The van der Waals surface area contributed by atoms with E-state index in [-0.39, 0.29) is 11.4 Å². The summed E-state index contributed by atoms with van der Waals surface area (Å²) >= 11 is 0. The zero-order valence-corrected chi connectivity index (χ0v) is 13.2. The molecule has 0 bridgehead atoms. The number of nitrogens with one attached hydrogen (secondary N) is 1. The molecule has 1 aliphatic rings. The van der Waals surface area contributed by atoms with Crippen molar-refractivity contribution in [2.45, 2.75) is 25.6 Å². The monoisotopic (exact) mass is 332 g/mol. The minimum absolute atomic E-state index is 0.0146. The molecule has 0 saturated carbocycles. The predicted octanol–water partition coefficient (Wildman–Crippen LogP) is 1.42. The standard InChI is InChI=1S/C14H19F3N4O2/c1-13(2,23-3)10-8-9(19-12(20-10)14(15,16)17)11(22)21-6-4-18-5-7-21/h8,18H,4-7H2,1-3H3. The Labute approximate surface area is 132 Å². The molecule has 0 aromatic carbocycles. The van der Waals surface area contributed by atoms with Crippen molar-refractivity contribution in [2.75, 3.05) is 33.3 Å². The van der Waals surface area contributed by atoms with Gasteiger partial charge in [-0.2, -0.15) is 13.2 Å². The Bertz CT molecular complexity index is 584.